The van der Waals surface area contributed by atoms with Crippen LogP contribution >= 0.6 is 0 Å². The van der Waals surface area contributed by atoms with Crippen molar-refractivity contribution in [2.45, 2.75) is 201 Å². The van der Waals surface area contributed by atoms with E-state index < -0.39 is 11.9 Å². The van der Waals surface area contributed by atoms with Gasteiger partial charge in [0.1, 0.15) is 0 Å². The van der Waals surface area contributed by atoms with E-state index in [-0.39, 0.29) is 6.61 Å². The highest BCUT2D eigenvalue weighted by Gasteiger charge is 2.16. The molecule has 6 nitrogen and oxygen atoms in total. The summed E-state index contributed by atoms with van der Waals surface area (Å²) in [7, 11) is 0. The van der Waals surface area contributed by atoms with Crippen LogP contribution in [0.2, 0.25) is 0 Å². The summed E-state index contributed by atoms with van der Waals surface area (Å²) in [4.78, 5) is 27.0. The minimum Gasteiger partial charge on any atom is -0.478 e. The van der Waals surface area contributed by atoms with Crippen molar-refractivity contribution in [1.82, 2.24) is 4.90 Å². The van der Waals surface area contributed by atoms with Crippen LogP contribution in [0.3, 0.4) is 0 Å². The molecule has 276 valence electrons. The summed E-state index contributed by atoms with van der Waals surface area (Å²) >= 11 is 0. The molecule has 0 aromatic heterocycles. The first-order valence-corrected chi connectivity index (χ1v) is 20.1. The van der Waals surface area contributed by atoms with Gasteiger partial charge < -0.3 is 20.2 Å². The van der Waals surface area contributed by atoms with Gasteiger partial charge in [0.25, 0.3) is 0 Å². The summed E-state index contributed by atoms with van der Waals surface area (Å²) in [6, 6.07) is 0. The molecule has 0 aliphatic carbocycles. The predicted octanol–water partition coefficient (Wildman–Crippen LogP) is 11.7. The lowest BCUT2D eigenvalue weighted by molar-refractivity contribution is -0.133. The lowest BCUT2D eigenvalue weighted by atomic mass is 9.93. The smallest absolute Gasteiger partial charge is 0.331 e. The van der Waals surface area contributed by atoms with E-state index in [9.17, 15) is 24.9 Å². The van der Waals surface area contributed by atoms with Crippen LogP contribution in [0.4, 0.5) is 0 Å². The summed E-state index contributed by atoms with van der Waals surface area (Å²) < 4.78 is 0. The van der Waals surface area contributed by atoms with Gasteiger partial charge in [-0.05, 0) is 109 Å². The van der Waals surface area contributed by atoms with Crippen molar-refractivity contribution in [1.29, 1.82) is 0 Å². The van der Waals surface area contributed by atoms with Crippen molar-refractivity contribution in [2.75, 3.05) is 26.2 Å². The molecule has 0 amide bonds. The highest BCUT2D eigenvalue weighted by molar-refractivity contribution is 5.88. The Hall–Kier alpha value is -1.66. The Morgan fingerprint density at radius 3 is 1.09 bits per heavy atom. The SMILES string of the molecule is CCCCCCCC/C(CCCC)=C(\CCCCN(CCCO)CCCC/C(C(=O)O)=C(/CCCC)CCCCCCCC)C(=O)O. The molecular weight excluding hydrogens is 586 g/mol. The number of nitrogens with zero attached hydrogens (tertiary/aromatic N) is 1. The fourth-order valence-corrected chi connectivity index (χ4v) is 6.65. The minimum absolute atomic E-state index is 0.159. The number of unbranched alkanes of at least 4 members (excludes halogenated alkanes) is 14. The molecule has 0 unspecified atom stereocenters. The number of aliphatic hydroxyl groups excluding tert-OH is 1. The number of aliphatic hydroxyl groups is 1. The Balaban J connectivity index is 5.11. The normalized spacial score (nSPS) is 12.8. The van der Waals surface area contributed by atoms with Crippen LogP contribution in [0, 0.1) is 0 Å². The van der Waals surface area contributed by atoms with Crippen LogP contribution in [0.25, 0.3) is 0 Å². The summed E-state index contributed by atoms with van der Waals surface area (Å²) in [6.07, 6.45) is 28.1. The predicted molar refractivity (Wildman–Crippen MR) is 200 cm³/mol. The summed E-state index contributed by atoms with van der Waals surface area (Å²) in [5, 5.41) is 29.7. The quantitative estimate of drug-likeness (QED) is 0.0461. The van der Waals surface area contributed by atoms with E-state index in [4.69, 9.17) is 0 Å². The molecule has 0 heterocycles. The van der Waals surface area contributed by atoms with Gasteiger partial charge in [-0.3, -0.25) is 0 Å². The van der Waals surface area contributed by atoms with E-state index in [0.717, 1.165) is 116 Å². The number of carboxylic acid groups (broad SMARTS) is 2. The maximum absolute atomic E-state index is 12.3. The van der Waals surface area contributed by atoms with Crippen LogP contribution in [0.1, 0.15) is 201 Å². The second-order valence-corrected chi connectivity index (χ2v) is 13.9. The number of rotatable bonds is 35. The molecule has 0 saturated carbocycles. The Labute approximate surface area is 290 Å². The van der Waals surface area contributed by atoms with Crippen LogP contribution < -0.4 is 0 Å². The first kappa shape index (κ1) is 45.3. The average molecular weight is 664 g/mol. The molecule has 0 fully saturated rings. The third-order valence-electron chi connectivity index (χ3n) is 9.63. The van der Waals surface area contributed by atoms with Crippen molar-refractivity contribution in [3.63, 3.8) is 0 Å². The van der Waals surface area contributed by atoms with Gasteiger partial charge >= 0.3 is 11.9 Å². The third kappa shape index (κ3) is 25.0. The van der Waals surface area contributed by atoms with E-state index in [1.807, 2.05) is 0 Å². The first-order valence-electron chi connectivity index (χ1n) is 20.1. The second-order valence-electron chi connectivity index (χ2n) is 13.9. The van der Waals surface area contributed by atoms with Crippen molar-refractivity contribution < 1.29 is 24.9 Å². The molecule has 6 heteroatoms. The number of hydrogen-bond donors (Lipinski definition) is 3. The average Bonchev–Trinajstić information content (AvgIpc) is 3.05. The molecule has 0 aromatic rings. The zero-order valence-electron chi connectivity index (χ0n) is 31.5. The molecule has 0 saturated heterocycles. The first-order chi connectivity index (χ1) is 22.9. The number of hydrogen-bond acceptors (Lipinski definition) is 4. The van der Waals surface area contributed by atoms with Crippen LogP contribution in [-0.4, -0.2) is 58.4 Å². The molecule has 0 aromatic carbocycles. The molecule has 47 heavy (non-hydrogen) atoms. The molecule has 0 aliphatic rings. The van der Waals surface area contributed by atoms with Gasteiger partial charge in [-0.2, -0.15) is 0 Å². The number of carbonyl (C=O) groups is 2. The summed E-state index contributed by atoms with van der Waals surface area (Å²) in [5.74, 6) is -1.48. The molecule has 0 atom stereocenters. The maximum atomic E-state index is 12.3. The second kappa shape index (κ2) is 32.9. The van der Waals surface area contributed by atoms with E-state index in [1.54, 1.807) is 0 Å². The highest BCUT2D eigenvalue weighted by Crippen LogP contribution is 2.26. The highest BCUT2D eigenvalue weighted by atomic mass is 16.4. The Kier molecular flexibility index (Phi) is 31.7. The van der Waals surface area contributed by atoms with Crippen LogP contribution in [0.15, 0.2) is 22.3 Å². The van der Waals surface area contributed by atoms with Gasteiger partial charge in [-0.15, -0.1) is 0 Å². The van der Waals surface area contributed by atoms with Crippen molar-refractivity contribution in [3.8, 4) is 0 Å². The number of allylic oxidation sites excluding steroid dienone is 2. The topological polar surface area (TPSA) is 98.1 Å². The largest absolute Gasteiger partial charge is 0.478 e. The van der Waals surface area contributed by atoms with Gasteiger partial charge in [0.15, 0.2) is 0 Å². The number of aliphatic carboxylic acids is 2. The van der Waals surface area contributed by atoms with E-state index in [0.29, 0.717) is 24.0 Å². The van der Waals surface area contributed by atoms with E-state index in [1.165, 1.54) is 75.4 Å². The summed E-state index contributed by atoms with van der Waals surface area (Å²) in [6.45, 7) is 11.6. The van der Waals surface area contributed by atoms with Crippen molar-refractivity contribution >= 4 is 11.9 Å². The number of carboxylic acids is 2. The van der Waals surface area contributed by atoms with Crippen LogP contribution in [-0.2, 0) is 9.59 Å². The van der Waals surface area contributed by atoms with Gasteiger partial charge in [0.2, 0.25) is 0 Å². The maximum Gasteiger partial charge on any atom is 0.331 e. The fraction of sp³-hybridized carbons (Fsp3) is 0.854. The van der Waals surface area contributed by atoms with Gasteiger partial charge in [-0.25, -0.2) is 9.59 Å². The molecule has 0 aliphatic heterocycles. The van der Waals surface area contributed by atoms with Gasteiger partial charge in [0, 0.05) is 24.3 Å². The van der Waals surface area contributed by atoms with E-state index >= 15 is 0 Å². The Bertz CT molecular complexity index is 770. The standard InChI is InChI=1S/C41H77NO5/c1-5-9-13-15-17-19-28-36(26-11-7-3)38(40(44)45)30-21-23-32-42(34-25-35-43)33-24-22-31-39(41(46)47)37(27-12-8-4)29-20-18-16-14-10-6-2/h43H,5-35H2,1-4H3,(H,44,45)(H,46,47)/b38-36+,39-37+. The van der Waals surface area contributed by atoms with Gasteiger partial charge in [-0.1, -0.05) is 116 Å². The molecule has 0 spiro atoms. The van der Waals surface area contributed by atoms with E-state index in [2.05, 4.69) is 32.6 Å². The summed E-state index contributed by atoms with van der Waals surface area (Å²) in [5.41, 5.74) is 3.65. The third-order valence-corrected chi connectivity index (χ3v) is 9.63. The Morgan fingerprint density at radius 1 is 0.404 bits per heavy atom. The molecule has 0 radical (unpaired) electrons. The molecule has 3 N–H and O–H groups in total. The Morgan fingerprint density at radius 2 is 0.723 bits per heavy atom. The molecule has 0 bridgehead atoms. The van der Waals surface area contributed by atoms with Crippen molar-refractivity contribution in [3.05, 3.63) is 22.3 Å². The zero-order chi connectivity index (χ0) is 35.0. The van der Waals surface area contributed by atoms with Gasteiger partial charge in [0.05, 0.1) is 0 Å². The lowest BCUT2D eigenvalue weighted by Gasteiger charge is -2.22. The molecule has 0 rings (SSSR count). The molecular formula is C41H77NO5. The van der Waals surface area contributed by atoms with Crippen molar-refractivity contribution in [2.24, 2.45) is 0 Å². The van der Waals surface area contributed by atoms with Crippen LogP contribution in [0.5, 0.6) is 0 Å². The zero-order valence-corrected chi connectivity index (χ0v) is 31.5. The monoisotopic (exact) mass is 664 g/mol. The lowest BCUT2D eigenvalue weighted by Crippen LogP contribution is -2.28. The fourth-order valence-electron chi connectivity index (χ4n) is 6.65. The minimum atomic E-state index is -0.740.